The van der Waals surface area contributed by atoms with E-state index in [1.807, 2.05) is 0 Å². The first-order valence-electron chi connectivity index (χ1n) is 4.58. The normalized spacial score (nSPS) is 9.81. The maximum absolute atomic E-state index is 11.7. The Hall–Kier alpha value is -1.75. The van der Waals surface area contributed by atoms with Crippen LogP contribution in [0.2, 0.25) is 0 Å². The van der Waals surface area contributed by atoms with Crippen molar-refractivity contribution >= 4 is 27.5 Å². The molecule has 0 saturated heterocycles. The molecule has 0 radical (unpaired) electrons. The molecule has 0 aliphatic carbocycles. The van der Waals surface area contributed by atoms with Crippen LogP contribution in [0.25, 0.3) is 0 Å². The fourth-order valence-electron chi connectivity index (χ4n) is 1.15. The minimum Gasteiger partial charge on any atom is -0.322 e. The number of nitrogens with one attached hydrogen (secondary N) is 1. The smallest absolute Gasteiger partial charge is 0.257 e. The van der Waals surface area contributed by atoms with Crippen molar-refractivity contribution in [2.45, 2.75) is 0 Å². The summed E-state index contributed by atoms with van der Waals surface area (Å²) >= 11 is 3.21. The number of amides is 1. The fraction of sp³-hybridized carbons (Fsp3) is 0. The number of nitrogens with zero attached hydrogens (tertiary/aromatic N) is 2. The second-order valence-corrected chi connectivity index (χ2v) is 3.87. The Bertz CT molecular complexity index is 484. The van der Waals surface area contributed by atoms with Crippen molar-refractivity contribution < 1.29 is 4.79 Å². The van der Waals surface area contributed by atoms with Gasteiger partial charge >= 0.3 is 0 Å². The first kappa shape index (κ1) is 10.8. The Morgan fingerprint density at radius 1 is 1.19 bits per heavy atom. The van der Waals surface area contributed by atoms with Crippen LogP contribution in [0.1, 0.15) is 10.4 Å². The molecule has 0 spiro atoms. The highest BCUT2D eigenvalue weighted by molar-refractivity contribution is 9.10. The van der Waals surface area contributed by atoms with Crippen LogP contribution in [0.15, 0.2) is 47.5 Å². The highest BCUT2D eigenvalue weighted by atomic mass is 79.9. The highest BCUT2D eigenvalue weighted by Crippen LogP contribution is 2.09. The summed E-state index contributed by atoms with van der Waals surface area (Å²) in [5, 5.41) is 2.74. The Morgan fingerprint density at radius 3 is 2.56 bits per heavy atom. The quantitative estimate of drug-likeness (QED) is 0.859. The zero-order valence-corrected chi connectivity index (χ0v) is 9.81. The van der Waals surface area contributed by atoms with Crippen molar-refractivity contribution in [2.24, 2.45) is 0 Å². The summed E-state index contributed by atoms with van der Waals surface area (Å²) in [6, 6.07) is 6.88. The van der Waals surface area contributed by atoms with E-state index in [2.05, 4.69) is 31.2 Å². The monoisotopic (exact) mass is 277 g/mol. The predicted octanol–water partition coefficient (Wildman–Crippen LogP) is 2.49. The van der Waals surface area contributed by atoms with E-state index >= 15 is 0 Å². The van der Waals surface area contributed by atoms with Gasteiger partial charge in [0.05, 0.1) is 5.56 Å². The van der Waals surface area contributed by atoms with Gasteiger partial charge in [-0.05, 0) is 40.2 Å². The molecule has 2 rings (SSSR count). The molecule has 2 heterocycles. The maximum Gasteiger partial charge on any atom is 0.257 e. The summed E-state index contributed by atoms with van der Waals surface area (Å²) < 4.78 is 0.702. The van der Waals surface area contributed by atoms with E-state index in [-0.39, 0.29) is 5.91 Å². The third-order valence-electron chi connectivity index (χ3n) is 1.93. The highest BCUT2D eigenvalue weighted by Gasteiger charge is 2.05. The molecule has 16 heavy (non-hydrogen) atoms. The molecule has 1 N–H and O–H groups in total. The molecule has 1 amide bonds. The van der Waals surface area contributed by atoms with E-state index < -0.39 is 0 Å². The first-order chi connectivity index (χ1) is 7.75. The Balaban J connectivity index is 2.12. The third-order valence-corrected chi connectivity index (χ3v) is 2.40. The van der Waals surface area contributed by atoms with Crippen LogP contribution in [0.3, 0.4) is 0 Å². The molecule has 2 aromatic rings. The molecule has 0 aliphatic heterocycles. The predicted molar refractivity (Wildman–Crippen MR) is 64.1 cm³/mol. The van der Waals surface area contributed by atoms with Gasteiger partial charge in [-0.1, -0.05) is 0 Å². The van der Waals surface area contributed by atoms with Gasteiger partial charge in [0.2, 0.25) is 0 Å². The average molecular weight is 278 g/mol. The molecule has 2 aromatic heterocycles. The second kappa shape index (κ2) is 4.85. The topological polar surface area (TPSA) is 54.9 Å². The van der Waals surface area contributed by atoms with E-state index in [0.717, 1.165) is 0 Å². The standard InChI is InChI=1S/C11H8BrN3O/c12-10-2-1-8(7-14-10)11(16)15-9-3-5-13-6-4-9/h1-7H,(H,13,15,16). The van der Waals surface area contributed by atoms with Crippen LogP contribution >= 0.6 is 15.9 Å². The van der Waals surface area contributed by atoms with Crippen molar-refractivity contribution in [2.75, 3.05) is 5.32 Å². The third kappa shape index (κ3) is 2.64. The van der Waals surface area contributed by atoms with E-state index in [1.54, 1.807) is 36.7 Å². The van der Waals surface area contributed by atoms with E-state index in [0.29, 0.717) is 15.9 Å². The zero-order valence-electron chi connectivity index (χ0n) is 8.22. The molecule has 0 bridgehead atoms. The number of halogens is 1. The lowest BCUT2D eigenvalue weighted by Crippen LogP contribution is -2.11. The number of hydrogen-bond acceptors (Lipinski definition) is 3. The molecular formula is C11H8BrN3O. The zero-order chi connectivity index (χ0) is 11.4. The Labute approximate surface area is 101 Å². The largest absolute Gasteiger partial charge is 0.322 e. The summed E-state index contributed by atoms with van der Waals surface area (Å²) in [5.41, 5.74) is 1.22. The van der Waals surface area contributed by atoms with Crippen molar-refractivity contribution in [3.63, 3.8) is 0 Å². The SMILES string of the molecule is O=C(Nc1ccncc1)c1ccc(Br)nc1. The lowest BCUT2D eigenvalue weighted by atomic mass is 10.2. The van der Waals surface area contributed by atoms with Gasteiger partial charge in [0.15, 0.2) is 0 Å². The van der Waals surface area contributed by atoms with Crippen LogP contribution in [0.4, 0.5) is 5.69 Å². The van der Waals surface area contributed by atoms with Crippen molar-refractivity contribution in [1.29, 1.82) is 0 Å². The van der Waals surface area contributed by atoms with E-state index in [4.69, 9.17) is 0 Å². The summed E-state index contributed by atoms with van der Waals surface area (Å²) in [5.74, 6) is -0.189. The minimum absolute atomic E-state index is 0.189. The Kier molecular flexibility index (Phi) is 3.26. The van der Waals surface area contributed by atoms with Crippen molar-refractivity contribution in [3.8, 4) is 0 Å². The number of pyridine rings is 2. The molecule has 0 atom stereocenters. The van der Waals surface area contributed by atoms with Gasteiger partial charge in [0.25, 0.3) is 5.91 Å². The lowest BCUT2D eigenvalue weighted by Gasteiger charge is -2.03. The maximum atomic E-state index is 11.7. The molecule has 80 valence electrons. The van der Waals surface area contributed by atoms with E-state index in [9.17, 15) is 4.79 Å². The van der Waals surface area contributed by atoms with Crippen LogP contribution in [-0.2, 0) is 0 Å². The molecule has 5 heteroatoms. The lowest BCUT2D eigenvalue weighted by molar-refractivity contribution is 0.102. The minimum atomic E-state index is -0.189. The second-order valence-electron chi connectivity index (χ2n) is 3.06. The van der Waals surface area contributed by atoms with Crippen LogP contribution in [-0.4, -0.2) is 15.9 Å². The van der Waals surface area contributed by atoms with Crippen molar-refractivity contribution in [3.05, 3.63) is 53.0 Å². The molecule has 0 aliphatic rings. The van der Waals surface area contributed by atoms with Crippen LogP contribution < -0.4 is 5.32 Å². The van der Waals surface area contributed by atoms with E-state index in [1.165, 1.54) is 6.20 Å². The first-order valence-corrected chi connectivity index (χ1v) is 5.38. The summed E-state index contributed by atoms with van der Waals surface area (Å²) in [6.07, 6.45) is 4.76. The molecule has 0 aromatic carbocycles. The molecule has 0 saturated carbocycles. The van der Waals surface area contributed by atoms with Gasteiger partial charge in [0, 0.05) is 24.3 Å². The van der Waals surface area contributed by atoms with Gasteiger partial charge in [-0.2, -0.15) is 0 Å². The van der Waals surface area contributed by atoms with Crippen molar-refractivity contribution in [1.82, 2.24) is 9.97 Å². The number of rotatable bonds is 2. The van der Waals surface area contributed by atoms with Gasteiger partial charge in [-0.25, -0.2) is 4.98 Å². The van der Waals surface area contributed by atoms with Gasteiger partial charge < -0.3 is 5.32 Å². The number of aromatic nitrogens is 2. The average Bonchev–Trinajstić information content (AvgIpc) is 2.31. The van der Waals surface area contributed by atoms with Crippen LogP contribution in [0.5, 0.6) is 0 Å². The van der Waals surface area contributed by atoms with Gasteiger partial charge in [0.1, 0.15) is 4.60 Å². The fourth-order valence-corrected chi connectivity index (χ4v) is 1.38. The van der Waals surface area contributed by atoms with Crippen LogP contribution in [0, 0.1) is 0 Å². The summed E-state index contributed by atoms with van der Waals surface area (Å²) in [7, 11) is 0. The van der Waals surface area contributed by atoms with Gasteiger partial charge in [-0.15, -0.1) is 0 Å². The molecule has 4 nitrogen and oxygen atoms in total. The molecule has 0 fully saturated rings. The molecular weight excluding hydrogens is 270 g/mol. The summed E-state index contributed by atoms with van der Waals surface area (Å²) in [6.45, 7) is 0. The number of hydrogen-bond donors (Lipinski definition) is 1. The summed E-state index contributed by atoms with van der Waals surface area (Å²) in [4.78, 5) is 19.6. The number of carbonyl (C=O) groups excluding carboxylic acids is 1. The molecule has 0 unspecified atom stereocenters. The number of carbonyl (C=O) groups is 1. The Morgan fingerprint density at radius 2 is 1.94 bits per heavy atom. The number of anilines is 1. The van der Waals surface area contributed by atoms with Gasteiger partial charge in [-0.3, -0.25) is 9.78 Å².